The largest absolute Gasteiger partial charge is 0.334 e. The van der Waals surface area contributed by atoms with Gasteiger partial charge in [0, 0.05) is 50.8 Å². The average molecular weight is 1050 g/mol. The SMILES string of the molecule is CC(C)(C)c1ccc(N2c3cc(N4c5ccccc5C5(c6ccccc6)Cc6ccccc6CC45C)ccc3B3c4cc(-c5ccccc5)ccc4N(c4ccc(C(C)(C)C)cc4-c4ccccc4)c4cc(C(C)(C)C)cc2c43)cc1. The summed E-state index contributed by atoms with van der Waals surface area (Å²) in [7, 11) is 0. The molecule has 3 nitrogen and oxygen atoms in total. The molecule has 14 rings (SSSR count). The molecule has 0 saturated carbocycles. The van der Waals surface area contributed by atoms with Crippen LogP contribution in [0.3, 0.4) is 0 Å². The van der Waals surface area contributed by atoms with Gasteiger partial charge in [-0.15, -0.1) is 0 Å². The summed E-state index contributed by atoms with van der Waals surface area (Å²) < 4.78 is 0. The van der Waals surface area contributed by atoms with Crippen LogP contribution >= 0.6 is 0 Å². The van der Waals surface area contributed by atoms with E-state index in [1.54, 1.807) is 0 Å². The van der Waals surface area contributed by atoms with Crippen molar-refractivity contribution in [3.8, 4) is 22.3 Å². The number of anilines is 8. The molecule has 0 amide bonds. The quantitative estimate of drug-likeness (QED) is 0.154. The molecule has 0 bridgehead atoms. The molecule has 0 aromatic heterocycles. The Balaban J connectivity index is 1.07. The van der Waals surface area contributed by atoms with E-state index in [-0.39, 0.29) is 33.9 Å². The van der Waals surface area contributed by atoms with Crippen molar-refractivity contribution in [2.45, 2.75) is 109 Å². The second-order valence-corrected chi connectivity index (χ2v) is 26.8. The fourth-order valence-corrected chi connectivity index (χ4v) is 14.6. The summed E-state index contributed by atoms with van der Waals surface area (Å²) in [5, 5.41) is 0. The van der Waals surface area contributed by atoms with E-state index in [9.17, 15) is 0 Å². The zero-order valence-corrected chi connectivity index (χ0v) is 48.8. The van der Waals surface area contributed by atoms with Crippen molar-refractivity contribution in [3.63, 3.8) is 0 Å². The molecule has 1 aliphatic carbocycles. The van der Waals surface area contributed by atoms with Crippen molar-refractivity contribution >= 4 is 68.6 Å². The summed E-state index contributed by atoms with van der Waals surface area (Å²) >= 11 is 0. The Labute approximate surface area is 481 Å². The van der Waals surface area contributed by atoms with Gasteiger partial charge < -0.3 is 14.7 Å². The smallest absolute Gasteiger partial charge is 0.252 e. The summed E-state index contributed by atoms with van der Waals surface area (Å²) in [6.45, 7) is 23.5. The molecule has 2 atom stereocenters. The van der Waals surface area contributed by atoms with Gasteiger partial charge in [-0.2, -0.15) is 0 Å². The Morgan fingerprint density at radius 3 is 1.59 bits per heavy atom. The van der Waals surface area contributed by atoms with Crippen LogP contribution in [0, 0.1) is 0 Å². The van der Waals surface area contributed by atoms with Gasteiger partial charge in [-0.25, -0.2) is 0 Å². The summed E-state index contributed by atoms with van der Waals surface area (Å²) in [6.07, 6.45) is 1.82. The molecule has 10 aromatic carbocycles. The third-order valence-corrected chi connectivity index (χ3v) is 18.9. The lowest BCUT2D eigenvalue weighted by Crippen LogP contribution is -2.62. The number of hydrogen-bond acceptors (Lipinski definition) is 3. The van der Waals surface area contributed by atoms with Crippen molar-refractivity contribution in [3.05, 3.63) is 269 Å². The Morgan fingerprint density at radius 1 is 0.370 bits per heavy atom. The van der Waals surface area contributed by atoms with Crippen molar-refractivity contribution in [2.24, 2.45) is 0 Å². The zero-order valence-electron chi connectivity index (χ0n) is 48.8. The van der Waals surface area contributed by atoms with E-state index in [1.165, 1.54) is 117 Å². The van der Waals surface area contributed by atoms with Crippen LogP contribution < -0.4 is 31.1 Å². The first-order valence-electron chi connectivity index (χ1n) is 29.4. The molecule has 398 valence electrons. The van der Waals surface area contributed by atoms with Gasteiger partial charge in [0.05, 0.1) is 11.2 Å². The fraction of sp³-hybridized carbons (Fsp3) is 0.221. The summed E-state index contributed by atoms with van der Waals surface area (Å²) in [6, 6.07) is 88.7. The van der Waals surface area contributed by atoms with Gasteiger partial charge in [0.2, 0.25) is 0 Å². The summed E-state index contributed by atoms with van der Waals surface area (Å²) in [5.41, 5.74) is 27.1. The Hall–Kier alpha value is -8.34. The second-order valence-electron chi connectivity index (χ2n) is 26.8. The van der Waals surface area contributed by atoms with Gasteiger partial charge in [-0.1, -0.05) is 232 Å². The Morgan fingerprint density at radius 2 is 0.926 bits per heavy atom. The first-order valence-corrected chi connectivity index (χ1v) is 29.4. The van der Waals surface area contributed by atoms with Crippen LogP contribution in [0.4, 0.5) is 45.5 Å². The highest BCUT2D eigenvalue weighted by molar-refractivity contribution is 7.00. The van der Waals surface area contributed by atoms with Crippen LogP contribution in [0.25, 0.3) is 22.3 Å². The highest BCUT2D eigenvalue weighted by Gasteiger charge is 2.62. The van der Waals surface area contributed by atoms with E-state index in [0.717, 1.165) is 18.5 Å². The van der Waals surface area contributed by atoms with Crippen LogP contribution in [0.1, 0.15) is 108 Å². The minimum absolute atomic E-state index is 0.00988. The lowest BCUT2D eigenvalue weighted by atomic mass is 9.33. The number of benzene rings is 10. The predicted octanol–water partition coefficient (Wildman–Crippen LogP) is 18.0. The first kappa shape index (κ1) is 50.9. The molecule has 81 heavy (non-hydrogen) atoms. The van der Waals surface area contributed by atoms with E-state index in [2.05, 4.69) is 314 Å². The van der Waals surface area contributed by atoms with Gasteiger partial charge in [-0.05, 0) is 169 Å². The molecule has 10 aromatic rings. The van der Waals surface area contributed by atoms with E-state index in [1.807, 2.05) is 0 Å². The number of para-hydroxylation sites is 1. The van der Waals surface area contributed by atoms with Gasteiger partial charge >= 0.3 is 0 Å². The maximum absolute atomic E-state index is 2.76. The van der Waals surface area contributed by atoms with Crippen LogP contribution in [0.2, 0.25) is 0 Å². The van der Waals surface area contributed by atoms with Gasteiger partial charge in [0.15, 0.2) is 0 Å². The number of fused-ring (bicyclic) bond motifs is 8. The van der Waals surface area contributed by atoms with E-state index in [4.69, 9.17) is 0 Å². The van der Waals surface area contributed by atoms with Gasteiger partial charge in [0.1, 0.15) is 0 Å². The molecule has 0 spiro atoms. The molecule has 0 fully saturated rings. The second kappa shape index (κ2) is 18.3. The molecule has 3 aliphatic heterocycles. The molecule has 4 aliphatic rings. The van der Waals surface area contributed by atoms with Crippen LogP contribution in [0.15, 0.2) is 231 Å². The molecule has 3 heterocycles. The average Bonchev–Trinajstić information content (AvgIpc) is 2.10. The summed E-state index contributed by atoms with van der Waals surface area (Å²) in [5.74, 6) is 0. The molecular weight excluding hydrogens is 978 g/mol. The number of hydrogen-bond donors (Lipinski definition) is 0. The molecule has 2 unspecified atom stereocenters. The monoisotopic (exact) mass is 1050 g/mol. The van der Waals surface area contributed by atoms with E-state index >= 15 is 0 Å². The normalized spacial score (nSPS) is 17.9. The molecular formula is C77H72BN3. The van der Waals surface area contributed by atoms with Crippen molar-refractivity contribution < 1.29 is 0 Å². The van der Waals surface area contributed by atoms with Crippen molar-refractivity contribution in [2.75, 3.05) is 14.7 Å². The van der Waals surface area contributed by atoms with Crippen LogP contribution in [-0.4, -0.2) is 12.3 Å². The minimum atomic E-state index is -0.361. The van der Waals surface area contributed by atoms with Crippen LogP contribution in [0.5, 0.6) is 0 Å². The van der Waals surface area contributed by atoms with Gasteiger partial charge in [0.25, 0.3) is 6.71 Å². The molecule has 0 saturated heterocycles. The lowest BCUT2D eigenvalue weighted by molar-refractivity contribution is 0.281. The first-order chi connectivity index (χ1) is 38.9. The zero-order chi connectivity index (χ0) is 55.8. The molecule has 0 radical (unpaired) electrons. The molecule has 4 heteroatoms. The topological polar surface area (TPSA) is 9.72 Å². The fourth-order valence-electron chi connectivity index (χ4n) is 14.6. The maximum atomic E-state index is 2.76. The standard InChI is InChI=1S/C77H72BN3/c1-73(2,3)56-35-38-60(39-36-56)79-69-48-61(81-67-33-23-22-32-63(67)77(57-30-18-13-19-31-57)50-55-29-21-20-28-54(55)49-76(77,81)10)40-41-64(69)78-65-44-53(51-24-14-11-15-25-51)34-42-68(65)80(71-47-59(75(7,8)9)46-70(79)72(71)78)66-43-37-58(74(4,5)6)45-62(66)52-26-16-12-17-27-52/h11-48H,49-50H2,1-10H3. The Kier molecular flexibility index (Phi) is 11.5. The Bertz CT molecular complexity index is 4090. The highest BCUT2D eigenvalue weighted by Crippen LogP contribution is 2.63. The van der Waals surface area contributed by atoms with Crippen LogP contribution in [-0.2, 0) is 34.5 Å². The third-order valence-electron chi connectivity index (χ3n) is 18.9. The van der Waals surface area contributed by atoms with Gasteiger partial charge in [-0.3, -0.25) is 0 Å². The number of rotatable bonds is 6. The van der Waals surface area contributed by atoms with E-state index in [0.29, 0.717) is 0 Å². The van der Waals surface area contributed by atoms with E-state index < -0.39 is 0 Å². The van der Waals surface area contributed by atoms with Crippen molar-refractivity contribution in [1.82, 2.24) is 0 Å². The number of nitrogens with zero attached hydrogens (tertiary/aromatic N) is 3. The molecule has 0 N–H and O–H groups in total. The lowest BCUT2D eigenvalue weighted by Gasteiger charge is -2.53. The summed E-state index contributed by atoms with van der Waals surface area (Å²) in [4.78, 5) is 8.04. The predicted molar refractivity (Wildman–Crippen MR) is 345 cm³/mol. The van der Waals surface area contributed by atoms with Crippen molar-refractivity contribution in [1.29, 1.82) is 0 Å². The highest BCUT2D eigenvalue weighted by atomic mass is 15.3. The maximum Gasteiger partial charge on any atom is 0.252 e. The third kappa shape index (κ3) is 7.91. The minimum Gasteiger partial charge on any atom is -0.334 e.